The van der Waals surface area contributed by atoms with Gasteiger partial charge in [0.2, 0.25) is 15.9 Å². The minimum atomic E-state index is -3.88. The standard InChI is InChI=1S/C22H26FN3O5S/c1-14-6-4-5-11-26(14)32(29,30)21-12-16(7-10-20(21)31-3)22(28)25-17-8-9-18(23)19(13-17)24-15(2)27/h7-10,12-14H,4-6,11H2,1-3H3,(H,24,27)(H,25,28). The Morgan fingerprint density at radius 2 is 1.88 bits per heavy atom. The molecule has 2 aromatic rings. The van der Waals surface area contributed by atoms with Gasteiger partial charge in [0.1, 0.15) is 16.5 Å². The average molecular weight is 464 g/mol. The number of ether oxygens (including phenoxy) is 1. The molecule has 2 N–H and O–H groups in total. The van der Waals surface area contributed by atoms with Crippen LogP contribution in [0.2, 0.25) is 0 Å². The van der Waals surface area contributed by atoms with Crippen molar-refractivity contribution in [1.82, 2.24) is 4.31 Å². The van der Waals surface area contributed by atoms with E-state index in [9.17, 15) is 22.4 Å². The normalized spacial score (nSPS) is 16.9. The van der Waals surface area contributed by atoms with Crippen molar-refractivity contribution < 1.29 is 27.1 Å². The number of hydrogen-bond donors (Lipinski definition) is 2. The van der Waals surface area contributed by atoms with Crippen LogP contribution in [0.15, 0.2) is 41.3 Å². The minimum absolute atomic E-state index is 0.0765. The van der Waals surface area contributed by atoms with Crippen LogP contribution >= 0.6 is 0 Å². The third kappa shape index (κ3) is 5.08. The monoisotopic (exact) mass is 463 g/mol. The summed E-state index contributed by atoms with van der Waals surface area (Å²) in [6, 6.07) is 7.75. The second-order valence-electron chi connectivity index (χ2n) is 7.66. The van der Waals surface area contributed by atoms with Crippen molar-refractivity contribution in [3.05, 3.63) is 47.8 Å². The molecule has 10 heteroatoms. The Balaban J connectivity index is 1.91. The van der Waals surface area contributed by atoms with Crippen molar-refractivity contribution in [2.45, 2.75) is 44.0 Å². The van der Waals surface area contributed by atoms with Gasteiger partial charge in [0.05, 0.1) is 12.8 Å². The quantitative estimate of drug-likeness (QED) is 0.681. The first-order valence-corrected chi connectivity index (χ1v) is 11.7. The van der Waals surface area contributed by atoms with Crippen LogP contribution in [0.25, 0.3) is 0 Å². The van der Waals surface area contributed by atoms with Gasteiger partial charge in [-0.15, -0.1) is 0 Å². The highest BCUT2D eigenvalue weighted by atomic mass is 32.2. The average Bonchev–Trinajstić information content (AvgIpc) is 2.75. The molecular formula is C22H26FN3O5S. The van der Waals surface area contributed by atoms with E-state index in [1.165, 1.54) is 48.7 Å². The van der Waals surface area contributed by atoms with Gasteiger partial charge in [0.15, 0.2) is 0 Å². The van der Waals surface area contributed by atoms with E-state index in [0.29, 0.717) is 6.54 Å². The molecule has 1 heterocycles. The van der Waals surface area contributed by atoms with Crippen molar-refractivity contribution in [3.63, 3.8) is 0 Å². The molecule has 1 saturated heterocycles. The highest BCUT2D eigenvalue weighted by Crippen LogP contribution is 2.32. The predicted octanol–water partition coefficient (Wildman–Crippen LogP) is 3.61. The highest BCUT2D eigenvalue weighted by Gasteiger charge is 2.33. The molecule has 1 fully saturated rings. The topological polar surface area (TPSA) is 105 Å². The first kappa shape index (κ1) is 23.7. The summed E-state index contributed by atoms with van der Waals surface area (Å²) in [5, 5.41) is 4.94. The van der Waals surface area contributed by atoms with Crippen molar-refractivity contribution in [2.75, 3.05) is 24.3 Å². The number of nitrogens with one attached hydrogen (secondary N) is 2. The molecule has 1 unspecified atom stereocenters. The van der Waals surface area contributed by atoms with Crippen LogP contribution in [0.5, 0.6) is 5.75 Å². The lowest BCUT2D eigenvalue weighted by atomic mass is 10.1. The number of hydrogen-bond acceptors (Lipinski definition) is 5. The number of methoxy groups -OCH3 is 1. The molecule has 0 radical (unpaired) electrons. The molecule has 0 aliphatic carbocycles. The van der Waals surface area contributed by atoms with Gasteiger partial charge in [0.25, 0.3) is 5.91 Å². The van der Waals surface area contributed by atoms with Crippen molar-refractivity contribution in [3.8, 4) is 5.75 Å². The maximum absolute atomic E-state index is 13.9. The zero-order chi connectivity index (χ0) is 23.5. The fourth-order valence-corrected chi connectivity index (χ4v) is 5.55. The van der Waals surface area contributed by atoms with Crippen LogP contribution in [-0.4, -0.2) is 44.2 Å². The van der Waals surface area contributed by atoms with E-state index >= 15 is 0 Å². The number of nitrogens with zero attached hydrogens (tertiary/aromatic N) is 1. The predicted molar refractivity (Wildman–Crippen MR) is 119 cm³/mol. The first-order chi connectivity index (χ1) is 15.1. The number of halogens is 1. The van der Waals surface area contributed by atoms with E-state index in [1.54, 1.807) is 0 Å². The van der Waals surface area contributed by atoms with Crippen molar-refractivity contribution >= 4 is 33.2 Å². The highest BCUT2D eigenvalue weighted by molar-refractivity contribution is 7.89. The second-order valence-corrected chi connectivity index (χ2v) is 9.52. The molecular weight excluding hydrogens is 437 g/mol. The number of benzene rings is 2. The molecule has 1 aliphatic heterocycles. The summed E-state index contributed by atoms with van der Waals surface area (Å²) in [5.74, 6) is -1.54. The summed E-state index contributed by atoms with van der Waals surface area (Å²) in [6.07, 6.45) is 2.50. The lowest BCUT2D eigenvalue weighted by Gasteiger charge is -2.32. The molecule has 1 aliphatic rings. The number of amides is 2. The molecule has 0 bridgehead atoms. The number of carbonyl (C=O) groups is 2. The maximum Gasteiger partial charge on any atom is 0.255 e. The van der Waals surface area contributed by atoms with Gasteiger partial charge in [-0.2, -0.15) is 4.31 Å². The van der Waals surface area contributed by atoms with E-state index < -0.39 is 27.7 Å². The SMILES string of the molecule is COc1ccc(C(=O)Nc2ccc(F)c(NC(C)=O)c2)cc1S(=O)(=O)N1CCCCC1C. The van der Waals surface area contributed by atoms with E-state index in [4.69, 9.17) is 4.74 Å². The molecule has 32 heavy (non-hydrogen) atoms. The number of sulfonamides is 1. The Morgan fingerprint density at radius 3 is 2.53 bits per heavy atom. The summed E-state index contributed by atoms with van der Waals surface area (Å²) in [5.41, 5.74) is 0.261. The van der Waals surface area contributed by atoms with E-state index in [2.05, 4.69) is 10.6 Å². The minimum Gasteiger partial charge on any atom is -0.495 e. The van der Waals surface area contributed by atoms with Crippen LogP contribution in [-0.2, 0) is 14.8 Å². The van der Waals surface area contributed by atoms with Gasteiger partial charge >= 0.3 is 0 Å². The fourth-order valence-electron chi connectivity index (χ4n) is 3.67. The Bertz CT molecular complexity index is 1140. The van der Waals surface area contributed by atoms with Crippen LogP contribution < -0.4 is 15.4 Å². The van der Waals surface area contributed by atoms with Crippen molar-refractivity contribution in [2.24, 2.45) is 0 Å². The Morgan fingerprint density at radius 1 is 1.12 bits per heavy atom. The fraction of sp³-hybridized carbons (Fsp3) is 0.364. The largest absolute Gasteiger partial charge is 0.495 e. The van der Waals surface area contributed by atoms with Gasteiger partial charge in [-0.25, -0.2) is 12.8 Å². The summed E-state index contributed by atoms with van der Waals surface area (Å²) in [4.78, 5) is 24.0. The van der Waals surface area contributed by atoms with Gasteiger partial charge in [0, 0.05) is 30.8 Å². The van der Waals surface area contributed by atoms with Crippen molar-refractivity contribution in [1.29, 1.82) is 0 Å². The molecule has 3 rings (SSSR count). The number of carbonyl (C=O) groups excluding carboxylic acids is 2. The summed E-state index contributed by atoms with van der Waals surface area (Å²) < 4.78 is 47.2. The van der Waals surface area contributed by atoms with Gasteiger partial charge in [-0.3, -0.25) is 9.59 Å². The van der Waals surface area contributed by atoms with Crippen LogP contribution in [0.1, 0.15) is 43.5 Å². The molecule has 0 spiro atoms. The van der Waals surface area contributed by atoms with Gasteiger partial charge < -0.3 is 15.4 Å². The molecule has 0 saturated carbocycles. The Hall–Kier alpha value is -2.98. The lowest BCUT2D eigenvalue weighted by molar-refractivity contribution is -0.114. The van der Waals surface area contributed by atoms with E-state index in [-0.39, 0.29) is 33.6 Å². The van der Waals surface area contributed by atoms with E-state index in [1.807, 2.05) is 6.92 Å². The second kappa shape index (κ2) is 9.66. The molecule has 2 amide bonds. The zero-order valence-electron chi connectivity index (χ0n) is 18.1. The summed E-state index contributed by atoms with van der Waals surface area (Å²) >= 11 is 0. The number of piperidine rings is 1. The number of anilines is 2. The zero-order valence-corrected chi connectivity index (χ0v) is 19.0. The lowest BCUT2D eigenvalue weighted by Crippen LogP contribution is -2.42. The molecule has 1 atom stereocenters. The maximum atomic E-state index is 13.9. The van der Waals surface area contributed by atoms with E-state index in [0.717, 1.165) is 25.3 Å². The Labute approximate surface area is 186 Å². The molecule has 172 valence electrons. The van der Waals surface area contributed by atoms with Gasteiger partial charge in [-0.1, -0.05) is 6.42 Å². The molecule has 2 aromatic carbocycles. The smallest absolute Gasteiger partial charge is 0.255 e. The number of rotatable bonds is 6. The Kier molecular flexibility index (Phi) is 7.15. The third-order valence-electron chi connectivity index (χ3n) is 5.29. The van der Waals surface area contributed by atoms with Gasteiger partial charge in [-0.05, 0) is 56.2 Å². The molecule has 8 nitrogen and oxygen atoms in total. The van der Waals surface area contributed by atoms with Crippen LogP contribution in [0.3, 0.4) is 0 Å². The van der Waals surface area contributed by atoms with Crippen LogP contribution in [0.4, 0.5) is 15.8 Å². The van der Waals surface area contributed by atoms with Crippen LogP contribution in [0, 0.1) is 5.82 Å². The summed E-state index contributed by atoms with van der Waals surface area (Å²) in [7, 11) is -2.51. The third-order valence-corrected chi connectivity index (χ3v) is 7.32. The molecule has 0 aromatic heterocycles. The first-order valence-electron chi connectivity index (χ1n) is 10.2. The summed E-state index contributed by atoms with van der Waals surface area (Å²) in [6.45, 7) is 3.51.